The Balaban J connectivity index is 1.71. The van der Waals surface area contributed by atoms with Crippen molar-refractivity contribution in [3.8, 4) is 6.07 Å². The summed E-state index contributed by atoms with van der Waals surface area (Å²) < 4.78 is 11.2. The van der Waals surface area contributed by atoms with Gasteiger partial charge in [-0.1, -0.05) is 26.0 Å². The molecule has 0 unspecified atom stereocenters. The fourth-order valence-electron chi connectivity index (χ4n) is 5.10. The van der Waals surface area contributed by atoms with Gasteiger partial charge >= 0.3 is 0 Å². The molecular formula is C27H41N3O4. The van der Waals surface area contributed by atoms with Crippen molar-refractivity contribution in [2.75, 3.05) is 53.1 Å². The summed E-state index contributed by atoms with van der Waals surface area (Å²) in [6.07, 6.45) is 2.80. The summed E-state index contributed by atoms with van der Waals surface area (Å²) in [6.45, 7) is 9.09. The average Bonchev–Trinajstić information content (AvgIpc) is 2.82. The van der Waals surface area contributed by atoms with Crippen molar-refractivity contribution in [2.45, 2.75) is 52.2 Å². The van der Waals surface area contributed by atoms with Crippen LogP contribution in [0.25, 0.3) is 0 Å². The number of ether oxygens (including phenoxy) is 2. The predicted octanol–water partition coefficient (Wildman–Crippen LogP) is 3.06. The number of carbonyl (C=O) groups is 1. The topological polar surface area (TPSA) is 86.0 Å². The van der Waals surface area contributed by atoms with Gasteiger partial charge in [-0.2, -0.15) is 5.26 Å². The Hall–Kier alpha value is -1.98. The van der Waals surface area contributed by atoms with Gasteiger partial charge in [0.1, 0.15) is 0 Å². The first-order chi connectivity index (χ1) is 16.3. The molecule has 2 aliphatic heterocycles. The van der Waals surface area contributed by atoms with Crippen LogP contribution in [-0.2, 0) is 20.8 Å². The molecule has 0 bridgehead atoms. The number of benzene rings is 1. The average molecular weight is 472 g/mol. The maximum absolute atomic E-state index is 13.4. The number of carbonyl (C=O) groups excluding carboxylic acids is 1. The molecule has 1 aromatic carbocycles. The van der Waals surface area contributed by atoms with Gasteiger partial charge in [-0.15, -0.1) is 0 Å². The van der Waals surface area contributed by atoms with E-state index >= 15 is 0 Å². The Morgan fingerprint density at radius 3 is 2.85 bits per heavy atom. The first-order valence-electron chi connectivity index (χ1n) is 12.6. The molecule has 2 fully saturated rings. The van der Waals surface area contributed by atoms with Crippen LogP contribution in [0.15, 0.2) is 24.3 Å². The second kappa shape index (κ2) is 12.6. The van der Waals surface area contributed by atoms with E-state index in [1.54, 1.807) is 12.0 Å². The van der Waals surface area contributed by atoms with Gasteiger partial charge in [-0.3, -0.25) is 9.69 Å². The summed E-state index contributed by atoms with van der Waals surface area (Å²) in [6, 6.07) is 10.1. The molecule has 2 saturated heterocycles. The maximum Gasteiger partial charge on any atom is 0.223 e. The third-order valence-electron chi connectivity index (χ3n) is 7.43. The summed E-state index contributed by atoms with van der Waals surface area (Å²) in [7, 11) is 1.64. The summed E-state index contributed by atoms with van der Waals surface area (Å²) >= 11 is 0. The minimum atomic E-state index is -0.657. The van der Waals surface area contributed by atoms with Gasteiger partial charge in [-0.05, 0) is 55.3 Å². The minimum Gasteiger partial charge on any atom is -0.391 e. The van der Waals surface area contributed by atoms with Crippen molar-refractivity contribution < 1.29 is 19.4 Å². The fraction of sp³-hybridized carbons (Fsp3) is 0.704. The van der Waals surface area contributed by atoms with Crippen LogP contribution in [0, 0.1) is 28.6 Å². The molecule has 7 heteroatoms. The number of aliphatic hydroxyl groups excluding tert-OH is 1. The number of piperidine rings is 1. The third kappa shape index (κ3) is 7.51. The largest absolute Gasteiger partial charge is 0.391 e. The molecule has 1 amide bonds. The van der Waals surface area contributed by atoms with Crippen LogP contribution < -0.4 is 0 Å². The van der Waals surface area contributed by atoms with Crippen LogP contribution in [-0.4, -0.2) is 80.0 Å². The zero-order valence-electron chi connectivity index (χ0n) is 21.0. The standard InChI is InChI=1S/C27H41N3O4/c1-27(2)20-34-12-5-8-24-18-29(17-22-7-4-6-21(14-22)16-28)10-9-23(24)15-26(32)30(11-13-33-3)19-25(27)31/h4,6-7,14,23-25,31H,5,8-13,15,17-20H2,1-3H3/t23-,24-,25-/m0/s1. The van der Waals surface area contributed by atoms with Gasteiger partial charge < -0.3 is 19.5 Å². The number of likely N-dealkylation sites (tertiary alicyclic amines) is 1. The van der Waals surface area contributed by atoms with Crippen molar-refractivity contribution in [3.05, 3.63) is 35.4 Å². The van der Waals surface area contributed by atoms with Crippen molar-refractivity contribution in [1.29, 1.82) is 5.26 Å². The predicted molar refractivity (Wildman–Crippen MR) is 131 cm³/mol. The highest BCUT2D eigenvalue weighted by Crippen LogP contribution is 2.32. The third-order valence-corrected chi connectivity index (χ3v) is 7.43. The summed E-state index contributed by atoms with van der Waals surface area (Å²) in [5.74, 6) is 0.853. The van der Waals surface area contributed by atoms with E-state index < -0.39 is 11.5 Å². The molecule has 188 valence electrons. The fourth-order valence-corrected chi connectivity index (χ4v) is 5.10. The molecule has 3 rings (SSSR count). The second-order valence-corrected chi connectivity index (χ2v) is 10.6. The molecule has 0 spiro atoms. The molecule has 0 aliphatic carbocycles. The lowest BCUT2D eigenvalue weighted by molar-refractivity contribution is -0.137. The number of hydrogen-bond donors (Lipinski definition) is 1. The number of rotatable bonds is 5. The highest BCUT2D eigenvalue weighted by molar-refractivity contribution is 5.76. The van der Waals surface area contributed by atoms with E-state index in [1.165, 1.54) is 0 Å². The van der Waals surface area contributed by atoms with E-state index in [1.807, 2.05) is 32.0 Å². The number of aliphatic hydroxyl groups is 1. The first-order valence-corrected chi connectivity index (χ1v) is 12.6. The van der Waals surface area contributed by atoms with Crippen molar-refractivity contribution >= 4 is 5.91 Å². The molecule has 1 N–H and O–H groups in total. The summed E-state index contributed by atoms with van der Waals surface area (Å²) in [5, 5.41) is 20.1. The molecule has 2 heterocycles. The lowest BCUT2D eigenvalue weighted by Gasteiger charge is -2.39. The number of nitrogens with zero attached hydrogens (tertiary/aromatic N) is 3. The first kappa shape index (κ1) is 26.6. The molecule has 0 aromatic heterocycles. The molecule has 0 saturated carbocycles. The Kier molecular flexibility index (Phi) is 9.90. The van der Waals surface area contributed by atoms with Crippen molar-refractivity contribution in [3.63, 3.8) is 0 Å². The van der Waals surface area contributed by atoms with E-state index in [2.05, 4.69) is 17.0 Å². The van der Waals surface area contributed by atoms with Crippen molar-refractivity contribution in [2.24, 2.45) is 17.3 Å². The van der Waals surface area contributed by atoms with E-state index in [0.29, 0.717) is 56.7 Å². The molecule has 0 radical (unpaired) electrons. The van der Waals surface area contributed by atoms with Crippen LogP contribution in [0.1, 0.15) is 50.7 Å². The quantitative estimate of drug-likeness (QED) is 0.710. The van der Waals surface area contributed by atoms with E-state index in [4.69, 9.17) is 9.47 Å². The number of fused-ring (bicyclic) bond motifs is 1. The lowest BCUT2D eigenvalue weighted by atomic mass is 9.80. The Labute approximate surface area is 204 Å². The molecule has 34 heavy (non-hydrogen) atoms. The number of methoxy groups -OCH3 is 1. The van der Waals surface area contributed by atoms with Crippen LogP contribution >= 0.6 is 0 Å². The van der Waals surface area contributed by atoms with Crippen LogP contribution in [0.2, 0.25) is 0 Å². The normalized spacial score (nSPS) is 27.1. The van der Waals surface area contributed by atoms with E-state index in [-0.39, 0.29) is 5.91 Å². The van der Waals surface area contributed by atoms with Crippen molar-refractivity contribution in [1.82, 2.24) is 9.80 Å². The highest BCUT2D eigenvalue weighted by atomic mass is 16.5. The summed E-state index contributed by atoms with van der Waals surface area (Å²) in [5.41, 5.74) is 1.42. The number of β-amino-alcohol motifs (C(OH)–C–C–N with tert-alkyl or cyclic N) is 1. The second-order valence-electron chi connectivity index (χ2n) is 10.6. The Morgan fingerprint density at radius 1 is 1.26 bits per heavy atom. The zero-order chi connectivity index (χ0) is 24.6. The van der Waals surface area contributed by atoms with E-state index in [0.717, 1.165) is 44.5 Å². The van der Waals surface area contributed by atoms with E-state index in [9.17, 15) is 15.2 Å². The minimum absolute atomic E-state index is 0.109. The number of amides is 1. The smallest absolute Gasteiger partial charge is 0.223 e. The number of hydrogen-bond acceptors (Lipinski definition) is 6. The molecule has 7 nitrogen and oxygen atoms in total. The van der Waals surface area contributed by atoms with Gasteiger partial charge in [0, 0.05) is 51.7 Å². The van der Waals surface area contributed by atoms with Gasteiger partial charge in [0.05, 0.1) is 31.0 Å². The Morgan fingerprint density at radius 2 is 2.09 bits per heavy atom. The molecule has 2 aliphatic rings. The SMILES string of the molecule is COCCN1C[C@H](O)C(C)(C)COCCC[C@H]2CN(Cc3cccc(C#N)c3)CC[C@H]2CC1=O. The van der Waals surface area contributed by atoms with Gasteiger partial charge in [0.2, 0.25) is 5.91 Å². The highest BCUT2D eigenvalue weighted by Gasteiger charge is 2.35. The van der Waals surface area contributed by atoms with Crippen LogP contribution in [0.3, 0.4) is 0 Å². The Bertz CT molecular complexity index is 837. The summed E-state index contributed by atoms with van der Waals surface area (Å²) in [4.78, 5) is 17.6. The number of nitriles is 1. The molecule has 3 atom stereocenters. The molecular weight excluding hydrogens is 430 g/mol. The zero-order valence-corrected chi connectivity index (χ0v) is 21.0. The maximum atomic E-state index is 13.4. The van der Waals surface area contributed by atoms with Gasteiger partial charge in [0.15, 0.2) is 0 Å². The monoisotopic (exact) mass is 471 g/mol. The van der Waals surface area contributed by atoms with Gasteiger partial charge in [-0.25, -0.2) is 0 Å². The van der Waals surface area contributed by atoms with Gasteiger partial charge in [0.25, 0.3) is 0 Å². The van der Waals surface area contributed by atoms with Crippen LogP contribution in [0.5, 0.6) is 0 Å². The van der Waals surface area contributed by atoms with Crippen LogP contribution in [0.4, 0.5) is 0 Å². The molecule has 1 aromatic rings. The lowest BCUT2D eigenvalue weighted by Crippen LogP contribution is -2.47.